The molecule has 3 aromatic rings. The number of aromatic nitrogens is 1. The molecule has 0 saturated heterocycles. The largest absolute Gasteiger partial charge is 0.496 e. The first-order valence-corrected chi connectivity index (χ1v) is 8.45. The van der Waals surface area contributed by atoms with Crippen LogP contribution in [0.25, 0.3) is 17.0 Å². The van der Waals surface area contributed by atoms with Gasteiger partial charge in [0.15, 0.2) is 0 Å². The SMILES string of the molecule is COc1ccccc1C=CC(=O)N1CCc2[nH]c3ccccc3c2C1. The van der Waals surface area contributed by atoms with Crippen LogP contribution in [0, 0.1) is 0 Å². The molecule has 1 aliphatic heterocycles. The van der Waals surface area contributed by atoms with E-state index >= 15 is 0 Å². The van der Waals surface area contributed by atoms with Crippen LogP contribution < -0.4 is 4.74 Å². The van der Waals surface area contributed by atoms with E-state index in [-0.39, 0.29) is 5.91 Å². The maximum atomic E-state index is 12.6. The molecule has 0 aliphatic carbocycles. The number of nitrogens with zero attached hydrogens (tertiary/aromatic N) is 1. The van der Waals surface area contributed by atoms with Gasteiger partial charge in [0.25, 0.3) is 0 Å². The van der Waals surface area contributed by atoms with E-state index in [1.165, 1.54) is 16.6 Å². The average molecular weight is 332 g/mol. The Hall–Kier alpha value is -3.01. The van der Waals surface area contributed by atoms with E-state index in [0.29, 0.717) is 6.54 Å². The lowest BCUT2D eigenvalue weighted by atomic mass is 10.0. The van der Waals surface area contributed by atoms with Gasteiger partial charge in [-0.2, -0.15) is 0 Å². The second-order valence-corrected chi connectivity index (χ2v) is 6.21. The van der Waals surface area contributed by atoms with Crippen molar-refractivity contribution < 1.29 is 9.53 Å². The van der Waals surface area contributed by atoms with Crippen LogP contribution in [0.2, 0.25) is 0 Å². The maximum Gasteiger partial charge on any atom is 0.246 e. The van der Waals surface area contributed by atoms with Gasteiger partial charge >= 0.3 is 0 Å². The molecule has 4 rings (SSSR count). The van der Waals surface area contributed by atoms with Gasteiger partial charge in [0.1, 0.15) is 5.75 Å². The summed E-state index contributed by atoms with van der Waals surface area (Å²) in [5, 5.41) is 1.21. The molecule has 25 heavy (non-hydrogen) atoms. The van der Waals surface area contributed by atoms with E-state index in [4.69, 9.17) is 4.74 Å². The minimum Gasteiger partial charge on any atom is -0.496 e. The second-order valence-electron chi connectivity index (χ2n) is 6.21. The first kappa shape index (κ1) is 15.5. The van der Waals surface area contributed by atoms with Gasteiger partial charge in [-0.25, -0.2) is 0 Å². The third-order valence-corrected chi connectivity index (χ3v) is 4.74. The maximum absolute atomic E-state index is 12.6. The molecular formula is C21H20N2O2. The number of para-hydroxylation sites is 2. The van der Waals surface area contributed by atoms with Crippen LogP contribution in [0.3, 0.4) is 0 Å². The summed E-state index contributed by atoms with van der Waals surface area (Å²) >= 11 is 0. The van der Waals surface area contributed by atoms with E-state index in [1.807, 2.05) is 47.4 Å². The predicted molar refractivity (Wildman–Crippen MR) is 99.4 cm³/mol. The van der Waals surface area contributed by atoms with Crippen LogP contribution in [0.5, 0.6) is 5.75 Å². The number of aromatic amines is 1. The third-order valence-electron chi connectivity index (χ3n) is 4.74. The van der Waals surface area contributed by atoms with Crippen molar-refractivity contribution in [3.05, 3.63) is 71.4 Å². The van der Waals surface area contributed by atoms with E-state index in [2.05, 4.69) is 17.1 Å². The fourth-order valence-electron chi connectivity index (χ4n) is 3.43. The molecule has 2 aromatic carbocycles. The number of nitrogens with one attached hydrogen (secondary N) is 1. The molecule has 126 valence electrons. The molecule has 4 nitrogen and oxygen atoms in total. The highest BCUT2D eigenvalue weighted by molar-refractivity contribution is 5.93. The van der Waals surface area contributed by atoms with Gasteiger partial charge in [-0.1, -0.05) is 36.4 Å². The quantitative estimate of drug-likeness (QED) is 0.742. The summed E-state index contributed by atoms with van der Waals surface area (Å²) in [7, 11) is 1.64. The number of fused-ring (bicyclic) bond motifs is 3. The fourth-order valence-corrected chi connectivity index (χ4v) is 3.43. The normalized spacial score (nSPS) is 14.0. The molecule has 0 bridgehead atoms. The van der Waals surface area contributed by atoms with Crippen molar-refractivity contribution in [3.8, 4) is 5.75 Å². The van der Waals surface area contributed by atoms with Crippen LogP contribution in [0.4, 0.5) is 0 Å². The van der Waals surface area contributed by atoms with Crippen LogP contribution in [0.1, 0.15) is 16.8 Å². The number of methoxy groups -OCH3 is 1. The highest BCUT2D eigenvalue weighted by Crippen LogP contribution is 2.27. The second kappa shape index (κ2) is 6.48. The van der Waals surface area contributed by atoms with Gasteiger partial charge in [0, 0.05) is 53.3 Å². The van der Waals surface area contributed by atoms with Gasteiger partial charge in [-0.15, -0.1) is 0 Å². The van der Waals surface area contributed by atoms with E-state index in [1.54, 1.807) is 13.2 Å². The van der Waals surface area contributed by atoms with E-state index in [0.717, 1.165) is 29.8 Å². The number of carbonyl (C=O) groups is 1. The third kappa shape index (κ3) is 2.91. The van der Waals surface area contributed by atoms with Gasteiger partial charge in [-0.05, 0) is 18.2 Å². The molecule has 2 heterocycles. The number of amides is 1. The molecule has 1 aromatic heterocycles. The zero-order valence-corrected chi connectivity index (χ0v) is 14.2. The Morgan fingerprint density at radius 3 is 2.84 bits per heavy atom. The van der Waals surface area contributed by atoms with E-state index < -0.39 is 0 Å². The summed E-state index contributed by atoms with van der Waals surface area (Å²) in [6, 6.07) is 16.0. The van der Waals surface area contributed by atoms with Gasteiger partial charge in [-0.3, -0.25) is 4.79 Å². The van der Waals surface area contributed by atoms with Crippen molar-refractivity contribution in [2.24, 2.45) is 0 Å². The van der Waals surface area contributed by atoms with Crippen molar-refractivity contribution in [2.75, 3.05) is 13.7 Å². The number of H-pyrrole nitrogens is 1. The summed E-state index contributed by atoms with van der Waals surface area (Å²) in [5.41, 5.74) is 4.54. The summed E-state index contributed by atoms with van der Waals surface area (Å²) < 4.78 is 5.33. The van der Waals surface area contributed by atoms with Crippen molar-refractivity contribution in [1.82, 2.24) is 9.88 Å². The van der Waals surface area contributed by atoms with Crippen LogP contribution in [-0.4, -0.2) is 29.4 Å². The average Bonchev–Trinajstić information content (AvgIpc) is 3.04. The number of carbonyl (C=O) groups excluding carboxylic acids is 1. The number of rotatable bonds is 3. The van der Waals surface area contributed by atoms with Crippen molar-refractivity contribution >= 4 is 22.9 Å². The van der Waals surface area contributed by atoms with Crippen LogP contribution in [0.15, 0.2) is 54.6 Å². The Kier molecular flexibility index (Phi) is 4.02. The number of hydrogen-bond acceptors (Lipinski definition) is 2. The predicted octanol–water partition coefficient (Wildman–Crippen LogP) is 3.77. The highest BCUT2D eigenvalue weighted by atomic mass is 16.5. The summed E-state index contributed by atoms with van der Waals surface area (Å²) in [6.45, 7) is 1.38. The Bertz CT molecular complexity index is 955. The zero-order valence-electron chi connectivity index (χ0n) is 14.2. The summed E-state index contributed by atoms with van der Waals surface area (Å²) in [4.78, 5) is 18.0. The summed E-state index contributed by atoms with van der Waals surface area (Å²) in [5.74, 6) is 0.797. The Balaban J connectivity index is 1.55. The number of hydrogen-bond donors (Lipinski definition) is 1. The van der Waals surface area contributed by atoms with E-state index in [9.17, 15) is 4.79 Å². The Labute approximate surface area is 146 Å². The topological polar surface area (TPSA) is 45.3 Å². The first-order chi connectivity index (χ1) is 12.3. The van der Waals surface area contributed by atoms with Crippen LogP contribution >= 0.6 is 0 Å². The Morgan fingerprint density at radius 2 is 1.96 bits per heavy atom. The van der Waals surface area contributed by atoms with Gasteiger partial charge < -0.3 is 14.6 Å². The lowest BCUT2D eigenvalue weighted by molar-refractivity contribution is -0.126. The molecule has 0 radical (unpaired) electrons. The molecule has 4 heteroatoms. The Morgan fingerprint density at radius 1 is 1.16 bits per heavy atom. The molecule has 0 spiro atoms. The molecule has 1 amide bonds. The summed E-state index contributed by atoms with van der Waals surface area (Å²) in [6.07, 6.45) is 4.32. The molecule has 0 unspecified atom stereocenters. The molecule has 0 atom stereocenters. The lowest BCUT2D eigenvalue weighted by Crippen LogP contribution is -2.34. The van der Waals surface area contributed by atoms with Crippen molar-refractivity contribution in [2.45, 2.75) is 13.0 Å². The minimum absolute atomic E-state index is 0.0295. The molecule has 1 aliphatic rings. The molecular weight excluding hydrogens is 312 g/mol. The van der Waals surface area contributed by atoms with Crippen LogP contribution in [-0.2, 0) is 17.8 Å². The zero-order chi connectivity index (χ0) is 17.2. The van der Waals surface area contributed by atoms with Crippen molar-refractivity contribution in [3.63, 3.8) is 0 Å². The van der Waals surface area contributed by atoms with Gasteiger partial charge in [0.05, 0.1) is 7.11 Å². The lowest BCUT2D eigenvalue weighted by Gasteiger charge is -2.26. The smallest absolute Gasteiger partial charge is 0.246 e. The number of benzene rings is 2. The monoisotopic (exact) mass is 332 g/mol. The first-order valence-electron chi connectivity index (χ1n) is 8.45. The standard InChI is InChI=1S/C21H20N2O2/c1-25-20-9-5-2-6-15(20)10-11-21(24)23-13-12-19-17(14-23)16-7-3-4-8-18(16)22-19/h2-11,22H,12-14H2,1H3. The highest BCUT2D eigenvalue weighted by Gasteiger charge is 2.22. The number of ether oxygens (including phenoxy) is 1. The van der Waals surface area contributed by atoms with Crippen molar-refractivity contribution in [1.29, 1.82) is 0 Å². The minimum atomic E-state index is 0.0295. The molecule has 0 fully saturated rings. The molecule has 0 saturated carbocycles. The van der Waals surface area contributed by atoms with Gasteiger partial charge in [0.2, 0.25) is 5.91 Å². The fraction of sp³-hybridized carbons (Fsp3) is 0.190. The molecule has 1 N–H and O–H groups in total.